The van der Waals surface area contributed by atoms with Crippen LogP contribution >= 0.6 is 24.2 Å². The van der Waals surface area contributed by atoms with E-state index in [1.165, 1.54) is 6.08 Å². The minimum atomic E-state index is -0.259. The zero-order valence-electron chi connectivity index (χ0n) is 6.20. The lowest BCUT2D eigenvalue weighted by Gasteiger charge is -1.91. The van der Waals surface area contributed by atoms with Crippen LogP contribution in [0.4, 0.5) is 0 Å². The second-order valence-corrected chi connectivity index (χ2v) is 3.10. The first-order chi connectivity index (χ1) is 5.68. The summed E-state index contributed by atoms with van der Waals surface area (Å²) in [5.74, 6) is 0. The summed E-state index contributed by atoms with van der Waals surface area (Å²) < 4.78 is 0. The Hall–Kier alpha value is -0.730. The van der Waals surface area contributed by atoms with Crippen molar-refractivity contribution in [1.82, 2.24) is 0 Å². The van der Waals surface area contributed by atoms with E-state index in [0.717, 1.165) is 5.56 Å². The summed E-state index contributed by atoms with van der Waals surface area (Å²) in [6.45, 7) is 0. The van der Waals surface area contributed by atoms with Gasteiger partial charge in [0.05, 0.1) is 0 Å². The number of hydrogen-bond acceptors (Lipinski definition) is 1. The largest absolute Gasteiger partial charge is 0.283 e. The second kappa shape index (κ2) is 4.33. The molecule has 0 radical (unpaired) electrons. The van der Waals surface area contributed by atoms with Gasteiger partial charge in [-0.1, -0.05) is 29.8 Å². The molecule has 0 aliphatic rings. The third-order valence-electron chi connectivity index (χ3n) is 1.29. The molecule has 0 bridgehead atoms. The van der Waals surface area contributed by atoms with E-state index in [2.05, 4.69) is 12.6 Å². The predicted molar refractivity (Wildman–Crippen MR) is 54.5 cm³/mol. The fourth-order valence-corrected chi connectivity index (χ4v) is 0.942. The van der Waals surface area contributed by atoms with Gasteiger partial charge >= 0.3 is 0 Å². The maximum absolute atomic E-state index is 10.4. The van der Waals surface area contributed by atoms with Crippen LogP contribution in [0.3, 0.4) is 0 Å². The topological polar surface area (TPSA) is 17.1 Å². The van der Waals surface area contributed by atoms with E-state index in [4.69, 9.17) is 11.6 Å². The molecule has 1 aromatic rings. The van der Waals surface area contributed by atoms with E-state index >= 15 is 0 Å². The van der Waals surface area contributed by atoms with Crippen LogP contribution < -0.4 is 0 Å². The van der Waals surface area contributed by atoms with Crippen molar-refractivity contribution in [3.63, 3.8) is 0 Å². The number of hydrogen-bond donors (Lipinski definition) is 1. The Bertz CT molecular complexity index is 303. The summed E-state index contributed by atoms with van der Waals surface area (Å²) >= 11 is 9.27. The van der Waals surface area contributed by atoms with Gasteiger partial charge < -0.3 is 0 Å². The number of carbonyl (C=O) groups excluding carboxylic acids is 1. The highest BCUT2D eigenvalue weighted by molar-refractivity contribution is 7.97. The number of carbonyl (C=O) groups is 1. The molecule has 0 heterocycles. The van der Waals surface area contributed by atoms with E-state index in [9.17, 15) is 4.79 Å². The molecule has 0 spiro atoms. The summed E-state index contributed by atoms with van der Waals surface area (Å²) in [5.41, 5.74) is 0.932. The van der Waals surface area contributed by atoms with Gasteiger partial charge in [-0.05, 0) is 23.8 Å². The van der Waals surface area contributed by atoms with Crippen LogP contribution in [0.2, 0.25) is 5.02 Å². The molecule has 12 heavy (non-hydrogen) atoms. The van der Waals surface area contributed by atoms with Crippen LogP contribution in [0, 0.1) is 0 Å². The van der Waals surface area contributed by atoms with Crippen molar-refractivity contribution in [2.45, 2.75) is 0 Å². The zero-order valence-corrected chi connectivity index (χ0v) is 7.85. The summed E-state index contributed by atoms with van der Waals surface area (Å²) in [4.78, 5) is 10.4. The number of rotatable bonds is 2. The van der Waals surface area contributed by atoms with Crippen molar-refractivity contribution in [3.05, 3.63) is 40.9 Å². The number of halogens is 1. The Balaban J connectivity index is 2.77. The average Bonchev–Trinajstić information content (AvgIpc) is 2.03. The highest BCUT2D eigenvalue weighted by Crippen LogP contribution is 2.10. The van der Waals surface area contributed by atoms with Crippen molar-refractivity contribution in [3.8, 4) is 0 Å². The maximum Gasteiger partial charge on any atom is 0.209 e. The molecular formula is C9H7ClOS. The molecule has 1 nitrogen and oxygen atoms in total. The van der Waals surface area contributed by atoms with Crippen molar-refractivity contribution in [1.29, 1.82) is 0 Å². The third kappa shape index (κ3) is 3.11. The van der Waals surface area contributed by atoms with Crippen LogP contribution in [-0.2, 0) is 4.79 Å². The Morgan fingerprint density at radius 1 is 1.33 bits per heavy atom. The molecule has 1 rings (SSSR count). The SMILES string of the molecule is O=C(S)C=Cc1ccc(Cl)cc1. The summed E-state index contributed by atoms with van der Waals surface area (Å²) in [5, 5.41) is 0.425. The first-order valence-electron chi connectivity index (χ1n) is 3.35. The molecule has 0 saturated heterocycles. The standard InChI is InChI=1S/C9H7ClOS/c10-8-4-1-7(2-5-8)3-6-9(11)12/h1-6H,(H,11,12). The van der Waals surface area contributed by atoms with Crippen molar-refractivity contribution < 1.29 is 4.79 Å². The van der Waals surface area contributed by atoms with Gasteiger partial charge in [-0.3, -0.25) is 4.79 Å². The molecule has 0 amide bonds. The first-order valence-corrected chi connectivity index (χ1v) is 4.17. The van der Waals surface area contributed by atoms with Crippen molar-refractivity contribution in [2.24, 2.45) is 0 Å². The molecule has 0 saturated carbocycles. The van der Waals surface area contributed by atoms with Gasteiger partial charge in [0, 0.05) is 5.02 Å². The normalized spacial score (nSPS) is 10.5. The van der Waals surface area contributed by atoms with Crippen LogP contribution in [0.25, 0.3) is 6.08 Å². The smallest absolute Gasteiger partial charge is 0.209 e. The molecule has 0 aromatic heterocycles. The van der Waals surface area contributed by atoms with Gasteiger partial charge in [-0.25, -0.2) is 0 Å². The van der Waals surface area contributed by atoms with Crippen molar-refractivity contribution >= 4 is 35.4 Å². The van der Waals surface area contributed by atoms with E-state index in [0.29, 0.717) is 5.02 Å². The minimum Gasteiger partial charge on any atom is -0.283 e. The van der Waals surface area contributed by atoms with Gasteiger partial charge in [-0.2, -0.15) is 0 Å². The number of thiol groups is 1. The Labute approximate surface area is 81.5 Å². The number of benzene rings is 1. The third-order valence-corrected chi connectivity index (χ3v) is 1.69. The summed E-state index contributed by atoms with van der Waals surface area (Å²) in [6, 6.07) is 7.19. The van der Waals surface area contributed by atoms with Crippen molar-refractivity contribution in [2.75, 3.05) is 0 Å². The lowest BCUT2D eigenvalue weighted by atomic mass is 10.2. The van der Waals surface area contributed by atoms with Gasteiger partial charge in [0.25, 0.3) is 0 Å². The van der Waals surface area contributed by atoms with Gasteiger partial charge in [0.2, 0.25) is 5.12 Å². The lowest BCUT2D eigenvalue weighted by Crippen LogP contribution is -1.76. The Kier molecular flexibility index (Phi) is 3.38. The average molecular weight is 199 g/mol. The van der Waals surface area contributed by atoms with Gasteiger partial charge in [-0.15, -0.1) is 12.6 Å². The minimum absolute atomic E-state index is 0.259. The molecule has 0 fully saturated rings. The molecule has 3 heteroatoms. The van der Waals surface area contributed by atoms with Crippen LogP contribution in [-0.4, -0.2) is 5.12 Å². The molecule has 0 aliphatic carbocycles. The van der Waals surface area contributed by atoms with E-state index in [1.54, 1.807) is 18.2 Å². The monoisotopic (exact) mass is 198 g/mol. The molecule has 0 atom stereocenters. The van der Waals surface area contributed by atoms with Crippen LogP contribution in [0.15, 0.2) is 30.3 Å². The van der Waals surface area contributed by atoms with E-state index in [1.807, 2.05) is 12.1 Å². The fourth-order valence-electron chi connectivity index (χ4n) is 0.741. The molecule has 0 unspecified atom stereocenters. The molecule has 62 valence electrons. The molecule has 0 N–H and O–H groups in total. The Morgan fingerprint density at radius 3 is 2.42 bits per heavy atom. The van der Waals surface area contributed by atoms with E-state index in [-0.39, 0.29) is 5.12 Å². The lowest BCUT2D eigenvalue weighted by molar-refractivity contribution is -0.106. The highest BCUT2D eigenvalue weighted by Gasteiger charge is 1.88. The Morgan fingerprint density at radius 2 is 1.92 bits per heavy atom. The van der Waals surface area contributed by atoms with E-state index < -0.39 is 0 Å². The van der Waals surface area contributed by atoms with Gasteiger partial charge in [0.1, 0.15) is 0 Å². The second-order valence-electron chi connectivity index (χ2n) is 2.22. The fraction of sp³-hybridized carbons (Fsp3) is 0. The molecule has 1 aromatic carbocycles. The van der Waals surface area contributed by atoms with Crippen LogP contribution in [0.1, 0.15) is 5.56 Å². The summed E-state index contributed by atoms with van der Waals surface area (Å²) in [7, 11) is 0. The summed E-state index contributed by atoms with van der Waals surface area (Å²) in [6.07, 6.45) is 3.08. The maximum atomic E-state index is 10.4. The van der Waals surface area contributed by atoms with Crippen LogP contribution in [0.5, 0.6) is 0 Å². The molecule has 0 aliphatic heterocycles. The zero-order chi connectivity index (χ0) is 8.97. The van der Waals surface area contributed by atoms with Gasteiger partial charge in [0.15, 0.2) is 0 Å². The molecular weight excluding hydrogens is 192 g/mol. The first kappa shape index (κ1) is 9.36. The predicted octanol–water partition coefficient (Wildman–Crippen LogP) is 2.81. The quantitative estimate of drug-likeness (QED) is 0.571. The highest BCUT2D eigenvalue weighted by atomic mass is 35.5.